The van der Waals surface area contributed by atoms with Crippen LogP contribution in [0.4, 0.5) is 0 Å². The van der Waals surface area contributed by atoms with Gasteiger partial charge in [0.15, 0.2) is 0 Å². The van der Waals surface area contributed by atoms with Crippen LogP contribution in [-0.2, 0) is 0 Å². The summed E-state index contributed by atoms with van der Waals surface area (Å²) in [4.78, 5) is 4.04. The summed E-state index contributed by atoms with van der Waals surface area (Å²) < 4.78 is 0. The number of aromatic nitrogens is 1. The first-order valence-electron chi connectivity index (χ1n) is 4.05. The van der Waals surface area contributed by atoms with Crippen molar-refractivity contribution < 1.29 is 0 Å². The van der Waals surface area contributed by atoms with Crippen molar-refractivity contribution in [2.75, 3.05) is 0 Å². The predicted octanol–water partition coefficient (Wildman–Crippen LogP) is 2.61. The van der Waals surface area contributed by atoms with E-state index in [2.05, 4.69) is 10.4 Å². The Morgan fingerprint density at radius 3 is 2.71 bits per heavy atom. The van der Waals surface area contributed by atoms with Crippen LogP contribution < -0.4 is 5.73 Å². The summed E-state index contributed by atoms with van der Waals surface area (Å²) in [6.07, 6.45) is 3.56. The lowest BCUT2D eigenvalue weighted by Crippen LogP contribution is -2.10. The molecule has 2 N–H and O–H groups in total. The number of thiophene rings is 1. The zero-order valence-corrected chi connectivity index (χ0v) is 9.09. The van der Waals surface area contributed by atoms with E-state index in [1.54, 1.807) is 17.5 Å². The van der Waals surface area contributed by atoms with E-state index in [9.17, 15) is 0 Å². The average Bonchev–Trinajstić information content (AvgIpc) is 2.71. The van der Waals surface area contributed by atoms with Crippen molar-refractivity contribution in [1.82, 2.24) is 4.98 Å². The molecule has 0 aliphatic heterocycles. The normalized spacial score (nSPS) is 11.8. The summed E-state index contributed by atoms with van der Waals surface area (Å²) in [5, 5.41) is 4.10. The van der Waals surface area contributed by atoms with Crippen molar-refractivity contribution in [3.05, 3.63) is 52.5 Å². The predicted molar refractivity (Wildman–Crippen MR) is 61.8 cm³/mol. The molecule has 0 saturated heterocycles. The van der Waals surface area contributed by atoms with Crippen LogP contribution in [0.2, 0.25) is 0 Å². The number of hydrogen-bond acceptors (Lipinski definition) is 3. The van der Waals surface area contributed by atoms with Gasteiger partial charge in [-0.05, 0) is 34.0 Å². The number of nitrogens with two attached hydrogens (primary N) is 1. The molecule has 14 heavy (non-hydrogen) atoms. The summed E-state index contributed by atoms with van der Waals surface area (Å²) in [5.74, 6) is 0. The first-order valence-corrected chi connectivity index (χ1v) is 5.00. The van der Waals surface area contributed by atoms with Gasteiger partial charge in [0.05, 0.1) is 6.04 Å². The van der Waals surface area contributed by atoms with Crippen molar-refractivity contribution >= 4 is 23.7 Å². The molecule has 0 aliphatic carbocycles. The molecule has 2 nitrogen and oxygen atoms in total. The maximum atomic E-state index is 6.03. The Balaban J connectivity index is 0.000000980. The molecule has 2 aromatic heterocycles. The Hall–Kier alpha value is -0.900. The van der Waals surface area contributed by atoms with E-state index in [1.165, 1.54) is 0 Å². The largest absolute Gasteiger partial charge is 0.320 e. The van der Waals surface area contributed by atoms with Gasteiger partial charge in [0.25, 0.3) is 0 Å². The van der Waals surface area contributed by atoms with Gasteiger partial charge >= 0.3 is 0 Å². The molecule has 0 amide bonds. The zero-order chi connectivity index (χ0) is 9.10. The van der Waals surface area contributed by atoms with Gasteiger partial charge in [0.2, 0.25) is 0 Å². The Kier molecular flexibility index (Phi) is 4.07. The van der Waals surface area contributed by atoms with Gasteiger partial charge in [-0.1, -0.05) is 6.07 Å². The maximum absolute atomic E-state index is 6.03. The molecule has 2 heterocycles. The standard InChI is InChI=1S/C10H10N2S.ClH/c11-10(9-3-5-13-7-9)8-2-1-4-12-6-8;/h1-7,10H,11H2;1H/t10-;/m1./s1. The van der Waals surface area contributed by atoms with Gasteiger partial charge in [-0.3, -0.25) is 4.98 Å². The number of hydrogen-bond donors (Lipinski definition) is 1. The molecule has 1 atom stereocenters. The average molecular weight is 227 g/mol. The smallest absolute Gasteiger partial charge is 0.0575 e. The first kappa shape index (κ1) is 11.2. The summed E-state index contributed by atoms with van der Waals surface area (Å²) in [6.45, 7) is 0. The van der Waals surface area contributed by atoms with E-state index in [0.29, 0.717) is 0 Å². The molecular weight excluding hydrogens is 216 g/mol. The molecule has 0 unspecified atom stereocenters. The molecule has 0 aliphatic rings. The quantitative estimate of drug-likeness (QED) is 0.855. The minimum absolute atomic E-state index is 0. The molecule has 74 valence electrons. The third kappa shape index (κ3) is 2.32. The van der Waals surface area contributed by atoms with Gasteiger partial charge in [0, 0.05) is 12.4 Å². The van der Waals surface area contributed by atoms with Gasteiger partial charge in [-0.25, -0.2) is 0 Å². The number of pyridine rings is 1. The van der Waals surface area contributed by atoms with Crippen LogP contribution in [0.5, 0.6) is 0 Å². The summed E-state index contributed by atoms with van der Waals surface area (Å²) in [5.41, 5.74) is 8.23. The maximum Gasteiger partial charge on any atom is 0.0575 e. The molecule has 0 bridgehead atoms. The second-order valence-electron chi connectivity index (χ2n) is 2.82. The molecule has 2 rings (SSSR count). The molecule has 0 fully saturated rings. The third-order valence-electron chi connectivity index (χ3n) is 1.95. The molecular formula is C10H11ClN2S. The van der Waals surface area contributed by atoms with Crippen molar-refractivity contribution in [2.24, 2.45) is 5.73 Å². The topological polar surface area (TPSA) is 38.9 Å². The van der Waals surface area contributed by atoms with Crippen LogP contribution in [0, 0.1) is 0 Å². The van der Waals surface area contributed by atoms with E-state index < -0.39 is 0 Å². The summed E-state index contributed by atoms with van der Waals surface area (Å²) in [7, 11) is 0. The van der Waals surface area contributed by atoms with E-state index in [-0.39, 0.29) is 18.4 Å². The highest BCUT2D eigenvalue weighted by molar-refractivity contribution is 7.08. The lowest BCUT2D eigenvalue weighted by atomic mass is 10.1. The fourth-order valence-corrected chi connectivity index (χ4v) is 1.90. The van der Waals surface area contributed by atoms with Crippen LogP contribution >= 0.6 is 23.7 Å². The third-order valence-corrected chi connectivity index (χ3v) is 2.65. The Labute approximate surface area is 93.2 Å². The van der Waals surface area contributed by atoms with Crippen LogP contribution in [0.25, 0.3) is 0 Å². The highest BCUT2D eigenvalue weighted by Crippen LogP contribution is 2.20. The number of rotatable bonds is 2. The monoisotopic (exact) mass is 226 g/mol. The Morgan fingerprint density at radius 1 is 1.29 bits per heavy atom. The van der Waals surface area contributed by atoms with Crippen molar-refractivity contribution in [1.29, 1.82) is 0 Å². The van der Waals surface area contributed by atoms with Gasteiger partial charge in [0.1, 0.15) is 0 Å². The zero-order valence-electron chi connectivity index (χ0n) is 7.46. The van der Waals surface area contributed by atoms with E-state index in [4.69, 9.17) is 5.73 Å². The minimum Gasteiger partial charge on any atom is -0.320 e. The van der Waals surface area contributed by atoms with E-state index >= 15 is 0 Å². The summed E-state index contributed by atoms with van der Waals surface area (Å²) >= 11 is 1.66. The van der Waals surface area contributed by atoms with Gasteiger partial charge in [-0.2, -0.15) is 11.3 Å². The van der Waals surface area contributed by atoms with Crippen molar-refractivity contribution in [3.8, 4) is 0 Å². The fourth-order valence-electron chi connectivity index (χ4n) is 1.20. The molecule has 4 heteroatoms. The second kappa shape index (κ2) is 5.10. The highest BCUT2D eigenvalue weighted by Gasteiger charge is 2.07. The van der Waals surface area contributed by atoms with E-state index in [1.807, 2.05) is 29.8 Å². The van der Waals surface area contributed by atoms with Crippen molar-refractivity contribution in [2.45, 2.75) is 6.04 Å². The molecule has 0 radical (unpaired) electrons. The van der Waals surface area contributed by atoms with Crippen LogP contribution in [0.1, 0.15) is 17.2 Å². The summed E-state index contributed by atoms with van der Waals surface area (Å²) in [6, 6.07) is 5.90. The van der Waals surface area contributed by atoms with Gasteiger partial charge in [-0.15, -0.1) is 12.4 Å². The minimum atomic E-state index is -0.0417. The van der Waals surface area contributed by atoms with E-state index in [0.717, 1.165) is 11.1 Å². The molecule has 2 aromatic rings. The lowest BCUT2D eigenvalue weighted by molar-refractivity contribution is 0.868. The fraction of sp³-hybridized carbons (Fsp3) is 0.100. The molecule has 0 saturated carbocycles. The lowest BCUT2D eigenvalue weighted by Gasteiger charge is -2.08. The Morgan fingerprint density at radius 2 is 2.14 bits per heavy atom. The van der Waals surface area contributed by atoms with Crippen LogP contribution in [0.3, 0.4) is 0 Å². The number of halogens is 1. The Bertz CT molecular complexity index is 361. The second-order valence-corrected chi connectivity index (χ2v) is 3.60. The van der Waals surface area contributed by atoms with Crippen LogP contribution in [0.15, 0.2) is 41.4 Å². The van der Waals surface area contributed by atoms with Crippen molar-refractivity contribution in [3.63, 3.8) is 0 Å². The molecule has 0 spiro atoms. The van der Waals surface area contributed by atoms with Crippen LogP contribution in [-0.4, -0.2) is 4.98 Å². The van der Waals surface area contributed by atoms with Gasteiger partial charge < -0.3 is 5.73 Å². The SMILES string of the molecule is Cl.N[C@H](c1cccnc1)c1ccsc1. The molecule has 0 aromatic carbocycles. The highest BCUT2D eigenvalue weighted by atomic mass is 35.5. The number of nitrogens with zero attached hydrogens (tertiary/aromatic N) is 1. The first-order chi connectivity index (χ1) is 6.38.